The molecule has 0 aliphatic rings. The summed E-state index contributed by atoms with van der Waals surface area (Å²) in [7, 11) is 0. The van der Waals surface area contributed by atoms with Crippen LogP contribution in [0.2, 0.25) is 0 Å². The second-order valence-corrected chi connectivity index (χ2v) is 9.82. The maximum absolute atomic E-state index is 12.5. The van der Waals surface area contributed by atoms with Gasteiger partial charge >= 0.3 is 0 Å². The Labute approximate surface area is 200 Å². The van der Waals surface area contributed by atoms with E-state index in [9.17, 15) is 4.79 Å². The second-order valence-electron chi connectivity index (χ2n) is 7.85. The normalized spacial score (nSPS) is 11.3. The van der Waals surface area contributed by atoms with Gasteiger partial charge < -0.3 is 4.57 Å². The van der Waals surface area contributed by atoms with E-state index in [0.717, 1.165) is 41.6 Å². The highest BCUT2D eigenvalue weighted by molar-refractivity contribution is 7.98. The van der Waals surface area contributed by atoms with Crippen molar-refractivity contribution in [2.45, 2.75) is 37.2 Å². The van der Waals surface area contributed by atoms with Crippen molar-refractivity contribution in [2.24, 2.45) is 0 Å². The largest absolute Gasteiger partial charge is 0.305 e. The smallest absolute Gasteiger partial charge is 0.258 e. The van der Waals surface area contributed by atoms with Crippen molar-refractivity contribution in [3.8, 4) is 0 Å². The number of thioether (sulfide) groups is 1. The van der Waals surface area contributed by atoms with Gasteiger partial charge in [0.05, 0.1) is 5.69 Å². The fourth-order valence-corrected chi connectivity index (χ4v) is 5.28. The molecule has 4 aromatic heterocycles. The highest BCUT2D eigenvalue weighted by Crippen LogP contribution is 2.24. The third-order valence-corrected chi connectivity index (χ3v) is 7.27. The van der Waals surface area contributed by atoms with Crippen molar-refractivity contribution >= 4 is 28.7 Å². The molecule has 0 bridgehead atoms. The molecule has 0 spiro atoms. The summed E-state index contributed by atoms with van der Waals surface area (Å²) in [4.78, 5) is 18.5. The summed E-state index contributed by atoms with van der Waals surface area (Å²) in [6.07, 6.45) is 3.43. The van der Waals surface area contributed by atoms with Crippen LogP contribution in [0.5, 0.6) is 0 Å². The predicted molar refractivity (Wildman–Crippen MR) is 133 cm³/mol. The fourth-order valence-electron chi connectivity index (χ4n) is 3.70. The molecule has 0 atom stereocenters. The number of aromatic nitrogens is 5. The average Bonchev–Trinajstić information content (AvgIpc) is 3.47. The Bertz CT molecular complexity index is 1420. The van der Waals surface area contributed by atoms with Crippen molar-refractivity contribution in [2.75, 3.05) is 0 Å². The van der Waals surface area contributed by atoms with Gasteiger partial charge in [0.1, 0.15) is 11.5 Å². The molecular formula is C25H23N5OS2. The minimum Gasteiger partial charge on any atom is -0.305 e. The Morgan fingerprint density at radius 1 is 1.03 bits per heavy atom. The van der Waals surface area contributed by atoms with Crippen LogP contribution < -0.4 is 5.56 Å². The molecule has 0 N–H and O–H groups in total. The van der Waals surface area contributed by atoms with Gasteiger partial charge in [0.25, 0.3) is 5.56 Å². The summed E-state index contributed by atoms with van der Waals surface area (Å²) < 4.78 is 3.78. The highest BCUT2D eigenvalue weighted by Gasteiger charge is 2.15. The van der Waals surface area contributed by atoms with Gasteiger partial charge in [0, 0.05) is 35.9 Å². The van der Waals surface area contributed by atoms with Crippen molar-refractivity contribution in [1.82, 2.24) is 24.1 Å². The molecule has 6 nitrogen and oxygen atoms in total. The summed E-state index contributed by atoms with van der Waals surface area (Å²) in [5, 5.41) is 11.9. The minimum absolute atomic E-state index is 0.0699. The van der Waals surface area contributed by atoms with Crippen LogP contribution in [0.25, 0.3) is 5.65 Å². The molecule has 5 aromatic rings. The molecule has 0 saturated carbocycles. The quantitative estimate of drug-likeness (QED) is 0.304. The Hall–Kier alpha value is -3.23. The average molecular weight is 474 g/mol. The number of benzene rings is 1. The molecule has 0 amide bonds. The first-order valence-corrected chi connectivity index (χ1v) is 12.6. The molecule has 0 aliphatic heterocycles. The van der Waals surface area contributed by atoms with Crippen LogP contribution in [-0.2, 0) is 25.1 Å². The topological polar surface area (TPSA) is 65.1 Å². The molecule has 0 fully saturated rings. The zero-order valence-electron chi connectivity index (χ0n) is 18.2. The lowest BCUT2D eigenvalue weighted by Gasteiger charge is -2.10. The van der Waals surface area contributed by atoms with Crippen LogP contribution in [0.3, 0.4) is 0 Å². The van der Waals surface area contributed by atoms with E-state index in [1.165, 1.54) is 10.4 Å². The standard InChI is InChI=1S/C25H23N5OS2/c1-18-9-11-29-22(14-18)26-20(15-24(29)31)17-33-25-28-27-23(16-21-8-5-13-32-21)30(25)12-10-19-6-3-2-4-7-19/h2-9,11,13-15H,10,12,16-17H2,1H3. The first-order valence-electron chi connectivity index (χ1n) is 10.8. The van der Waals surface area contributed by atoms with E-state index in [1.54, 1.807) is 39.8 Å². The highest BCUT2D eigenvalue weighted by atomic mass is 32.2. The number of fused-ring (bicyclic) bond motifs is 1. The van der Waals surface area contributed by atoms with Crippen molar-refractivity contribution in [3.63, 3.8) is 0 Å². The monoisotopic (exact) mass is 473 g/mol. The molecule has 33 heavy (non-hydrogen) atoms. The molecule has 4 heterocycles. The van der Waals surface area contributed by atoms with Crippen molar-refractivity contribution in [1.29, 1.82) is 0 Å². The predicted octanol–water partition coefficient (Wildman–Crippen LogP) is 4.78. The van der Waals surface area contributed by atoms with Crippen LogP contribution in [0.15, 0.2) is 82.2 Å². The number of hydrogen-bond acceptors (Lipinski definition) is 6. The maximum Gasteiger partial charge on any atom is 0.258 e. The summed E-state index contributed by atoms with van der Waals surface area (Å²) >= 11 is 3.30. The molecular weight excluding hydrogens is 450 g/mol. The number of pyridine rings is 1. The van der Waals surface area contributed by atoms with Gasteiger partial charge in [-0.1, -0.05) is 48.2 Å². The number of nitrogens with zero attached hydrogens (tertiary/aromatic N) is 5. The van der Waals surface area contributed by atoms with Gasteiger partial charge in [-0.05, 0) is 48.1 Å². The van der Waals surface area contributed by atoms with Gasteiger partial charge in [-0.15, -0.1) is 21.5 Å². The number of rotatable bonds is 8. The zero-order valence-corrected chi connectivity index (χ0v) is 19.9. The van der Waals surface area contributed by atoms with Crippen molar-refractivity contribution in [3.05, 3.63) is 110 Å². The van der Waals surface area contributed by atoms with Gasteiger partial charge in [-0.3, -0.25) is 9.20 Å². The number of thiophene rings is 1. The third-order valence-electron chi connectivity index (χ3n) is 5.40. The van der Waals surface area contributed by atoms with E-state index in [-0.39, 0.29) is 5.56 Å². The molecule has 1 aromatic carbocycles. The van der Waals surface area contributed by atoms with E-state index in [1.807, 2.05) is 25.1 Å². The molecule has 8 heteroatoms. The summed E-state index contributed by atoms with van der Waals surface area (Å²) in [5.41, 5.74) is 3.70. The van der Waals surface area contributed by atoms with Crippen LogP contribution in [0.1, 0.15) is 27.5 Å². The second kappa shape index (κ2) is 9.72. The molecule has 0 unspecified atom stereocenters. The maximum atomic E-state index is 12.5. The van der Waals surface area contributed by atoms with E-state index in [0.29, 0.717) is 11.4 Å². The zero-order chi connectivity index (χ0) is 22.6. The van der Waals surface area contributed by atoms with E-state index < -0.39 is 0 Å². The summed E-state index contributed by atoms with van der Waals surface area (Å²) in [5.74, 6) is 1.51. The lowest BCUT2D eigenvalue weighted by Crippen LogP contribution is -2.15. The molecule has 5 rings (SSSR count). The van der Waals surface area contributed by atoms with Gasteiger partial charge in [-0.25, -0.2) is 4.98 Å². The van der Waals surface area contributed by atoms with Gasteiger partial charge in [0.2, 0.25) is 0 Å². The lowest BCUT2D eigenvalue weighted by atomic mass is 10.1. The fraction of sp³-hybridized carbons (Fsp3) is 0.200. The Kier molecular flexibility index (Phi) is 6.37. The van der Waals surface area contributed by atoms with E-state index in [2.05, 4.69) is 61.5 Å². The van der Waals surface area contributed by atoms with E-state index in [4.69, 9.17) is 0 Å². The van der Waals surface area contributed by atoms with Gasteiger partial charge in [-0.2, -0.15) is 0 Å². The van der Waals surface area contributed by atoms with Crippen LogP contribution in [-0.4, -0.2) is 24.1 Å². The Morgan fingerprint density at radius 3 is 2.73 bits per heavy atom. The Morgan fingerprint density at radius 2 is 1.91 bits per heavy atom. The number of aryl methyl sites for hydroxylation is 2. The summed E-state index contributed by atoms with van der Waals surface area (Å²) in [6.45, 7) is 2.80. The van der Waals surface area contributed by atoms with Crippen LogP contribution >= 0.6 is 23.1 Å². The first-order chi connectivity index (χ1) is 16.2. The van der Waals surface area contributed by atoms with Crippen molar-refractivity contribution < 1.29 is 0 Å². The third kappa shape index (κ3) is 5.07. The van der Waals surface area contributed by atoms with E-state index >= 15 is 0 Å². The summed E-state index contributed by atoms with van der Waals surface area (Å²) in [6, 6.07) is 20.1. The lowest BCUT2D eigenvalue weighted by molar-refractivity contribution is 0.610. The molecule has 166 valence electrons. The SMILES string of the molecule is Cc1ccn2c(=O)cc(CSc3nnc(Cc4cccs4)n3CCc3ccccc3)nc2c1. The van der Waals surface area contributed by atoms with Gasteiger partial charge in [0.15, 0.2) is 5.16 Å². The molecule has 0 radical (unpaired) electrons. The number of hydrogen-bond donors (Lipinski definition) is 0. The first kappa shape index (κ1) is 21.6. The Balaban J connectivity index is 1.39. The van der Waals surface area contributed by atoms with Crippen LogP contribution in [0, 0.1) is 6.92 Å². The minimum atomic E-state index is -0.0699. The molecule has 0 aliphatic carbocycles. The molecule has 0 saturated heterocycles. The van der Waals surface area contributed by atoms with Crippen LogP contribution in [0.4, 0.5) is 0 Å².